The fraction of sp³-hybridized carbons (Fsp3) is 0.227. The zero-order valence-electron chi connectivity index (χ0n) is 15.9. The first kappa shape index (κ1) is 20.6. The second-order valence-corrected chi connectivity index (χ2v) is 7.16. The fourth-order valence-electron chi connectivity index (χ4n) is 3.21. The molecule has 0 saturated heterocycles. The lowest BCUT2D eigenvalue weighted by Crippen LogP contribution is -2.18. The van der Waals surface area contributed by atoms with Crippen molar-refractivity contribution >= 4 is 23.3 Å². The van der Waals surface area contributed by atoms with E-state index in [1.807, 2.05) is 36.4 Å². The molecular weight excluding hydrogens is 392 g/mol. The van der Waals surface area contributed by atoms with Crippen LogP contribution in [0.25, 0.3) is 0 Å². The Labute approximate surface area is 173 Å². The van der Waals surface area contributed by atoms with Crippen molar-refractivity contribution in [2.45, 2.75) is 25.2 Å². The van der Waals surface area contributed by atoms with Gasteiger partial charge in [-0.05, 0) is 41.8 Å². The summed E-state index contributed by atoms with van der Waals surface area (Å²) in [4.78, 5) is 28.4. The Morgan fingerprint density at radius 2 is 1.76 bits per heavy atom. The number of amides is 1. The van der Waals surface area contributed by atoms with Crippen LogP contribution in [0.15, 0.2) is 59.3 Å². The van der Waals surface area contributed by atoms with Crippen LogP contribution < -0.4 is 10.5 Å². The monoisotopic (exact) mass is 412 g/mol. The summed E-state index contributed by atoms with van der Waals surface area (Å²) in [6, 6.07) is 14.7. The number of primary amides is 1. The minimum Gasteiger partial charge on any atom is -0.497 e. The molecule has 0 spiro atoms. The Bertz CT molecular complexity index is 981. The maximum absolute atomic E-state index is 12.7. The molecule has 0 radical (unpaired) electrons. The molecule has 0 bridgehead atoms. The summed E-state index contributed by atoms with van der Waals surface area (Å²) in [5.41, 5.74) is 7.32. The van der Waals surface area contributed by atoms with Gasteiger partial charge in [0.25, 0.3) is 5.91 Å². The summed E-state index contributed by atoms with van der Waals surface area (Å²) in [7, 11) is 1.60. The van der Waals surface area contributed by atoms with Crippen LogP contribution in [-0.4, -0.2) is 23.8 Å². The number of ketones is 1. The molecule has 0 aliphatic heterocycles. The summed E-state index contributed by atoms with van der Waals surface area (Å²) in [6.07, 6.45) is 2.12. The summed E-state index contributed by atoms with van der Waals surface area (Å²) in [5.74, 6) is 0.0314. The number of halogens is 1. The zero-order chi connectivity index (χ0) is 20.8. The van der Waals surface area contributed by atoms with Gasteiger partial charge in [-0.2, -0.15) is 0 Å². The smallest absolute Gasteiger partial charge is 0.270 e. The SMILES string of the molecule is COc1ccc(C[C@H](CC(=O)Cc2ccc(Cl)cc2)c2ocnc2C(N)=O)cc1. The highest BCUT2D eigenvalue weighted by Crippen LogP contribution is 2.28. The number of hydrogen-bond donors (Lipinski definition) is 1. The number of oxazole rings is 1. The van der Waals surface area contributed by atoms with Crippen LogP contribution in [0.4, 0.5) is 0 Å². The Kier molecular flexibility index (Phi) is 6.67. The quantitative estimate of drug-likeness (QED) is 0.573. The standard InChI is InChI=1S/C22H21ClN2O4/c1-28-19-8-4-14(5-9-19)10-16(21-20(22(24)27)25-13-29-21)12-18(26)11-15-2-6-17(23)7-3-15/h2-9,13,16H,10-12H2,1H3,(H2,24,27)/t16-/m1/s1. The van der Waals surface area contributed by atoms with E-state index < -0.39 is 5.91 Å². The van der Waals surface area contributed by atoms with Crippen LogP contribution in [0.5, 0.6) is 5.75 Å². The zero-order valence-corrected chi connectivity index (χ0v) is 16.7. The third-order valence-electron chi connectivity index (χ3n) is 4.63. The van der Waals surface area contributed by atoms with Crippen LogP contribution in [-0.2, 0) is 17.6 Å². The van der Waals surface area contributed by atoms with E-state index in [2.05, 4.69) is 4.98 Å². The molecule has 0 unspecified atom stereocenters. The van der Waals surface area contributed by atoms with Gasteiger partial charge in [-0.25, -0.2) is 4.98 Å². The topological polar surface area (TPSA) is 95.4 Å². The summed E-state index contributed by atoms with van der Waals surface area (Å²) < 4.78 is 10.6. The van der Waals surface area contributed by atoms with E-state index in [1.54, 1.807) is 19.2 Å². The number of carbonyl (C=O) groups excluding carboxylic acids is 2. The van der Waals surface area contributed by atoms with Gasteiger partial charge < -0.3 is 14.9 Å². The molecule has 7 heteroatoms. The molecule has 0 aliphatic carbocycles. The molecule has 6 nitrogen and oxygen atoms in total. The Morgan fingerprint density at radius 1 is 1.10 bits per heavy atom. The average molecular weight is 413 g/mol. The number of aromatic nitrogens is 1. The predicted octanol–water partition coefficient (Wildman–Crippen LogP) is 3.96. The van der Waals surface area contributed by atoms with Crippen molar-refractivity contribution in [1.29, 1.82) is 0 Å². The van der Waals surface area contributed by atoms with Gasteiger partial charge in [0.15, 0.2) is 12.1 Å². The second-order valence-electron chi connectivity index (χ2n) is 6.72. The molecule has 1 aromatic heterocycles. The largest absolute Gasteiger partial charge is 0.497 e. The molecule has 2 N–H and O–H groups in total. The van der Waals surface area contributed by atoms with E-state index >= 15 is 0 Å². The van der Waals surface area contributed by atoms with Crippen LogP contribution >= 0.6 is 11.6 Å². The van der Waals surface area contributed by atoms with Gasteiger partial charge in [0.2, 0.25) is 0 Å². The van der Waals surface area contributed by atoms with Crippen molar-refractivity contribution in [1.82, 2.24) is 4.98 Å². The highest BCUT2D eigenvalue weighted by atomic mass is 35.5. The molecule has 29 heavy (non-hydrogen) atoms. The molecule has 1 heterocycles. The maximum atomic E-state index is 12.7. The number of methoxy groups -OCH3 is 1. The Morgan fingerprint density at radius 3 is 2.38 bits per heavy atom. The predicted molar refractivity (Wildman–Crippen MR) is 109 cm³/mol. The highest BCUT2D eigenvalue weighted by Gasteiger charge is 2.26. The van der Waals surface area contributed by atoms with Crippen molar-refractivity contribution in [3.63, 3.8) is 0 Å². The number of hydrogen-bond acceptors (Lipinski definition) is 5. The van der Waals surface area contributed by atoms with E-state index in [1.165, 1.54) is 6.39 Å². The first-order valence-electron chi connectivity index (χ1n) is 9.08. The Hall–Kier alpha value is -3.12. The lowest BCUT2D eigenvalue weighted by molar-refractivity contribution is -0.118. The van der Waals surface area contributed by atoms with Crippen LogP contribution in [0.2, 0.25) is 5.02 Å². The fourth-order valence-corrected chi connectivity index (χ4v) is 3.34. The van der Waals surface area contributed by atoms with E-state index in [0.29, 0.717) is 17.2 Å². The number of nitrogens with zero attached hydrogens (tertiary/aromatic N) is 1. The minimum atomic E-state index is -0.682. The van der Waals surface area contributed by atoms with E-state index in [0.717, 1.165) is 16.9 Å². The molecule has 1 atom stereocenters. The second kappa shape index (κ2) is 9.39. The Balaban J connectivity index is 1.81. The van der Waals surface area contributed by atoms with Crippen molar-refractivity contribution in [3.8, 4) is 5.75 Å². The number of carbonyl (C=O) groups is 2. The summed E-state index contributed by atoms with van der Waals surface area (Å²) in [5, 5.41) is 0.617. The molecule has 3 aromatic rings. The van der Waals surface area contributed by atoms with Crippen molar-refractivity contribution < 1.29 is 18.7 Å². The molecule has 1 amide bonds. The summed E-state index contributed by atoms with van der Waals surface area (Å²) >= 11 is 5.90. The van der Waals surface area contributed by atoms with E-state index in [4.69, 9.17) is 26.5 Å². The van der Waals surface area contributed by atoms with Gasteiger partial charge in [-0.1, -0.05) is 35.9 Å². The van der Waals surface area contributed by atoms with Gasteiger partial charge in [0, 0.05) is 23.8 Å². The number of ether oxygens (including phenoxy) is 1. The number of Topliss-reactive ketones (excluding diaryl/α,β-unsaturated/α-hetero) is 1. The van der Waals surface area contributed by atoms with Gasteiger partial charge in [0.1, 0.15) is 17.3 Å². The number of nitrogens with two attached hydrogens (primary N) is 1. The molecule has 3 rings (SSSR count). The number of rotatable bonds is 9. The molecule has 0 saturated carbocycles. The lowest BCUT2D eigenvalue weighted by atomic mass is 9.89. The molecule has 0 aliphatic rings. The van der Waals surface area contributed by atoms with Crippen molar-refractivity contribution in [2.24, 2.45) is 5.73 Å². The molecule has 150 valence electrons. The maximum Gasteiger partial charge on any atom is 0.270 e. The third kappa shape index (κ3) is 5.45. The van der Waals surface area contributed by atoms with Crippen molar-refractivity contribution in [3.05, 3.63) is 82.5 Å². The normalized spacial score (nSPS) is 11.8. The van der Waals surface area contributed by atoms with Gasteiger partial charge >= 0.3 is 0 Å². The van der Waals surface area contributed by atoms with Crippen molar-refractivity contribution in [2.75, 3.05) is 7.11 Å². The average Bonchev–Trinajstić information content (AvgIpc) is 3.20. The summed E-state index contributed by atoms with van der Waals surface area (Å²) in [6.45, 7) is 0. The van der Waals surface area contributed by atoms with Crippen LogP contribution in [0, 0.1) is 0 Å². The van der Waals surface area contributed by atoms with Gasteiger partial charge in [-0.3, -0.25) is 9.59 Å². The van der Waals surface area contributed by atoms with Crippen LogP contribution in [0.3, 0.4) is 0 Å². The molecule has 0 fully saturated rings. The van der Waals surface area contributed by atoms with Crippen LogP contribution in [0.1, 0.15) is 39.7 Å². The van der Waals surface area contributed by atoms with E-state index in [-0.39, 0.29) is 30.2 Å². The van der Waals surface area contributed by atoms with Gasteiger partial charge in [-0.15, -0.1) is 0 Å². The lowest BCUT2D eigenvalue weighted by Gasteiger charge is -2.15. The van der Waals surface area contributed by atoms with E-state index in [9.17, 15) is 9.59 Å². The highest BCUT2D eigenvalue weighted by molar-refractivity contribution is 6.30. The number of benzene rings is 2. The molecular formula is C22H21ClN2O4. The van der Waals surface area contributed by atoms with Gasteiger partial charge in [0.05, 0.1) is 7.11 Å². The third-order valence-corrected chi connectivity index (χ3v) is 4.88. The first-order valence-corrected chi connectivity index (χ1v) is 9.46. The minimum absolute atomic E-state index is 0.0117. The molecule has 2 aromatic carbocycles. The first-order chi connectivity index (χ1) is 14.0.